The van der Waals surface area contributed by atoms with Gasteiger partial charge in [-0.05, 0) is 31.0 Å². The van der Waals surface area contributed by atoms with Gasteiger partial charge in [0.2, 0.25) is 11.8 Å². The smallest absolute Gasteiger partial charge is 0.307 e. The molecule has 1 fully saturated rings. The van der Waals surface area contributed by atoms with Gasteiger partial charge in [-0.3, -0.25) is 14.4 Å². The van der Waals surface area contributed by atoms with Gasteiger partial charge < -0.3 is 15.0 Å². The third kappa shape index (κ3) is 5.85. The van der Waals surface area contributed by atoms with Gasteiger partial charge in [0, 0.05) is 26.1 Å². The topological polar surface area (TPSA) is 75.7 Å². The number of carbonyl (C=O) groups excluding carboxylic acids is 3. The number of ether oxygens (including phenoxy) is 1. The fraction of sp³-hybridized carbons (Fsp3) is 0.500. The molecule has 0 spiro atoms. The van der Waals surface area contributed by atoms with Gasteiger partial charge in [0.05, 0.1) is 18.9 Å². The third-order valence-electron chi connectivity index (χ3n) is 4.07. The minimum atomic E-state index is -0.352. The van der Waals surface area contributed by atoms with E-state index in [0.717, 1.165) is 0 Å². The number of esters is 1. The first-order chi connectivity index (χ1) is 12.0. The van der Waals surface area contributed by atoms with Crippen molar-refractivity contribution in [2.75, 3.05) is 19.7 Å². The van der Waals surface area contributed by atoms with Crippen LogP contribution in [0, 0.1) is 11.7 Å². The molecule has 6 nitrogen and oxygen atoms in total. The zero-order valence-corrected chi connectivity index (χ0v) is 14.3. The van der Waals surface area contributed by atoms with Crippen molar-refractivity contribution in [2.45, 2.75) is 32.7 Å². The lowest BCUT2D eigenvalue weighted by atomic mass is 9.96. The number of rotatable bonds is 7. The molecule has 25 heavy (non-hydrogen) atoms. The quantitative estimate of drug-likeness (QED) is 0.759. The van der Waals surface area contributed by atoms with Crippen LogP contribution in [0.15, 0.2) is 24.3 Å². The summed E-state index contributed by atoms with van der Waals surface area (Å²) in [5.74, 6) is -1.25. The molecule has 136 valence electrons. The number of nitrogens with one attached hydrogen (secondary N) is 1. The Hall–Kier alpha value is -2.44. The summed E-state index contributed by atoms with van der Waals surface area (Å²) in [7, 11) is 0. The number of piperidine rings is 1. The number of hydrogen-bond acceptors (Lipinski definition) is 4. The molecule has 2 amide bonds. The van der Waals surface area contributed by atoms with Gasteiger partial charge >= 0.3 is 5.97 Å². The first-order valence-corrected chi connectivity index (χ1v) is 8.45. The average Bonchev–Trinajstić information content (AvgIpc) is 2.57. The van der Waals surface area contributed by atoms with Crippen LogP contribution in [0.3, 0.4) is 0 Å². The van der Waals surface area contributed by atoms with Crippen molar-refractivity contribution >= 4 is 17.8 Å². The van der Waals surface area contributed by atoms with Crippen molar-refractivity contribution in [3.8, 4) is 0 Å². The van der Waals surface area contributed by atoms with E-state index in [0.29, 0.717) is 25.1 Å². The fourth-order valence-electron chi connectivity index (χ4n) is 2.80. The van der Waals surface area contributed by atoms with Crippen LogP contribution in [0.1, 0.15) is 31.7 Å². The van der Waals surface area contributed by atoms with Gasteiger partial charge in [0.15, 0.2) is 0 Å². The lowest BCUT2D eigenvalue weighted by Gasteiger charge is -2.32. The van der Waals surface area contributed by atoms with Gasteiger partial charge in [-0.25, -0.2) is 4.39 Å². The highest BCUT2D eigenvalue weighted by Crippen LogP contribution is 2.20. The summed E-state index contributed by atoms with van der Waals surface area (Å²) in [5.41, 5.74) is 0.691. The summed E-state index contributed by atoms with van der Waals surface area (Å²) in [6, 6.07) is 6.08. The Morgan fingerprint density at radius 1 is 1.40 bits per heavy atom. The van der Waals surface area contributed by atoms with Crippen molar-refractivity contribution in [3.63, 3.8) is 0 Å². The van der Waals surface area contributed by atoms with Crippen LogP contribution in [-0.4, -0.2) is 42.4 Å². The van der Waals surface area contributed by atoms with E-state index in [1.54, 1.807) is 24.0 Å². The second kappa shape index (κ2) is 9.15. The largest absolute Gasteiger partial charge is 0.466 e. The summed E-state index contributed by atoms with van der Waals surface area (Å²) >= 11 is 0. The minimum absolute atomic E-state index is 0.0418. The van der Waals surface area contributed by atoms with E-state index in [1.807, 2.05) is 0 Å². The van der Waals surface area contributed by atoms with Crippen molar-refractivity contribution in [1.29, 1.82) is 0 Å². The van der Waals surface area contributed by atoms with Gasteiger partial charge in [-0.1, -0.05) is 12.1 Å². The third-order valence-corrected chi connectivity index (χ3v) is 4.07. The van der Waals surface area contributed by atoms with Gasteiger partial charge in [-0.15, -0.1) is 0 Å². The van der Waals surface area contributed by atoms with E-state index in [9.17, 15) is 18.8 Å². The van der Waals surface area contributed by atoms with E-state index >= 15 is 0 Å². The van der Waals surface area contributed by atoms with E-state index in [2.05, 4.69) is 5.32 Å². The zero-order chi connectivity index (χ0) is 18.2. The van der Waals surface area contributed by atoms with Crippen molar-refractivity contribution in [3.05, 3.63) is 35.6 Å². The maximum absolute atomic E-state index is 13.3. The Morgan fingerprint density at radius 2 is 2.20 bits per heavy atom. The van der Waals surface area contributed by atoms with Crippen molar-refractivity contribution < 1.29 is 23.5 Å². The number of nitrogens with zero attached hydrogens (tertiary/aromatic N) is 1. The lowest BCUT2D eigenvalue weighted by Crippen LogP contribution is -2.45. The molecule has 7 heteroatoms. The summed E-state index contributed by atoms with van der Waals surface area (Å²) in [6.07, 6.45) is 0.882. The lowest BCUT2D eigenvalue weighted by molar-refractivity contribution is -0.143. The second-order valence-electron chi connectivity index (χ2n) is 5.99. The van der Waals surface area contributed by atoms with Gasteiger partial charge in [-0.2, -0.15) is 0 Å². The number of hydrogen-bond donors (Lipinski definition) is 1. The van der Waals surface area contributed by atoms with Crippen LogP contribution in [0.25, 0.3) is 0 Å². The molecule has 1 atom stereocenters. The number of likely N-dealkylation sites (tertiary alicyclic amines) is 1. The molecule has 1 saturated heterocycles. The summed E-state index contributed by atoms with van der Waals surface area (Å²) in [6.45, 7) is 2.82. The summed E-state index contributed by atoms with van der Waals surface area (Å²) in [5, 5.41) is 2.71. The highest BCUT2D eigenvalue weighted by molar-refractivity contribution is 5.84. The normalized spacial score (nSPS) is 17.3. The van der Waals surface area contributed by atoms with E-state index in [4.69, 9.17) is 4.74 Å². The maximum atomic E-state index is 13.3. The van der Waals surface area contributed by atoms with Crippen LogP contribution in [0.5, 0.6) is 0 Å². The summed E-state index contributed by atoms with van der Waals surface area (Å²) in [4.78, 5) is 37.1. The molecular weight excluding hydrogens is 327 g/mol. The Kier molecular flexibility index (Phi) is 6.91. The van der Waals surface area contributed by atoms with Gasteiger partial charge in [0.1, 0.15) is 5.82 Å². The standard InChI is InChI=1S/C18H23FN2O4/c1-2-25-17(23)8-9-20-18(24)14-6-7-16(22)21(12-14)11-13-4-3-5-15(19)10-13/h3-5,10,14H,2,6-9,11-12H2,1H3,(H,20,24). The zero-order valence-electron chi connectivity index (χ0n) is 14.3. The Balaban J connectivity index is 1.85. The highest BCUT2D eigenvalue weighted by atomic mass is 19.1. The number of amides is 2. The molecule has 0 aliphatic carbocycles. The maximum Gasteiger partial charge on any atom is 0.307 e. The Morgan fingerprint density at radius 3 is 2.92 bits per heavy atom. The first kappa shape index (κ1) is 18.9. The van der Waals surface area contributed by atoms with Crippen LogP contribution >= 0.6 is 0 Å². The molecule has 0 bridgehead atoms. The molecule has 1 N–H and O–H groups in total. The van der Waals surface area contributed by atoms with Crippen molar-refractivity contribution in [2.24, 2.45) is 5.92 Å². The summed E-state index contributed by atoms with van der Waals surface area (Å²) < 4.78 is 18.1. The molecule has 1 aliphatic rings. The monoisotopic (exact) mass is 350 g/mol. The number of halogens is 1. The Bertz CT molecular complexity index is 635. The van der Waals surface area contributed by atoms with Crippen LogP contribution in [0.4, 0.5) is 4.39 Å². The van der Waals surface area contributed by atoms with E-state index in [1.165, 1.54) is 12.1 Å². The molecule has 1 aromatic rings. The van der Waals surface area contributed by atoms with Gasteiger partial charge in [0.25, 0.3) is 0 Å². The first-order valence-electron chi connectivity index (χ1n) is 8.45. The molecule has 1 heterocycles. The molecule has 0 saturated carbocycles. The predicted octanol–water partition coefficient (Wildman–Crippen LogP) is 1.63. The van der Waals surface area contributed by atoms with Crippen LogP contribution in [-0.2, 0) is 25.7 Å². The van der Waals surface area contributed by atoms with Crippen molar-refractivity contribution in [1.82, 2.24) is 10.2 Å². The van der Waals surface area contributed by atoms with E-state index < -0.39 is 0 Å². The molecule has 1 unspecified atom stereocenters. The van der Waals surface area contributed by atoms with E-state index in [-0.39, 0.29) is 55.4 Å². The molecule has 2 rings (SSSR count). The molecule has 0 aromatic heterocycles. The predicted molar refractivity (Wildman–Crippen MR) is 88.8 cm³/mol. The average molecular weight is 350 g/mol. The second-order valence-corrected chi connectivity index (χ2v) is 5.99. The Labute approximate surface area is 146 Å². The molecule has 0 radical (unpaired) electrons. The number of benzene rings is 1. The van der Waals surface area contributed by atoms with Crippen LogP contribution < -0.4 is 5.32 Å². The highest BCUT2D eigenvalue weighted by Gasteiger charge is 2.30. The fourth-order valence-corrected chi connectivity index (χ4v) is 2.80. The number of carbonyl (C=O) groups is 3. The molecule has 1 aromatic carbocycles. The minimum Gasteiger partial charge on any atom is -0.466 e. The SMILES string of the molecule is CCOC(=O)CCNC(=O)C1CCC(=O)N(Cc2cccc(F)c2)C1. The molecule has 1 aliphatic heterocycles. The molecular formula is C18H23FN2O4. The van der Waals surface area contributed by atoms with Crippen LogP contribution in [0.2, 0.25) is 0 Å².